The minimum atomic E-state index is -0.755. The molecular weight excluding hydrogens is 333 g/mol. The summed E-state index contributed by atoms with van der Waals surface area (Å²) in [6, 6.07) is 0.631. The highest BCUT2D eigenvalue weighted by Crippen LogP contribution is 2.38. The molecule has 0 aromatic carbocycles. The number of hydrogen-bond acceptors (Lipinski definition) is 5. The second-order valence-corrected chi connectivity index (χ2v) is 8.97. The molecule has 0 aromatic rings. The Morgan fingerprint density at radius 3 is 2.69 bits per heavy atom. The van der Waals surface area contributed by atoms with Gasteiger partial charge in [-0.25, -0.2) is 9.40 Å². The Morgan fingerprint density at radius 1 is 1.19 bits per heavy atom. The average Bonchev–Trinajstić information content (AvgIpc) is 3.27. The van der Waals surface area contributed by atoms with Crippen LogP contribution in [0.2, 0.25) is 0 Å². The van der Waals surface area contributed by atoms with Gasteiger partial charge in [0.15, 0.2) is 0 Å². The minimum Gasteiger partial charge on any atom is -0.349 e. The number of nitrogens with zero attached hydrogens (tertiary/aromatic N) is 2. The number of rotatable bonds is 3. The molecule has 1 aliphatic carbocycles. The zero-order chi connectivity index (χ0) is 18.3. The minimum absolute atomic E-state index is 0.00642. The Morgan fingerprint density at radius 2 is 1.96 bits per heavy atom. The summed E-state index contributed by atoms with van der Waals surface area (Å²) in [4.78, 5) is 15.1. The molecule has 4 fully saturated rings. The van der Waals surface area contributed by atoms with Crippen molar-refractivity contribution in [3.8, 4) is 0 Å². The van der Waals surface area contributed by atoms with Crippen LogP contribution >= 0.6 is 0 Å². The molecule has 26 heavy (non-hydrogen) atoms. The summed E-state index contributed by atoms with van der Waals surface area (Å²) in [7, 11) is 2.17. The number of alkyl halides is 1. The van der Waals surface area contributed by atoms with Crippen molar-refractivity contribution in [3.63, 3.8) is 0 Å². The fraction of sp³-hybridized carbons (Fsp3) is 0.947. The Bertz CT molecular complexity index is 494. The van der Waals surface area contributed by atoms with Crippen LogP contribution in [-0.4, -0.2) is 79.4 Å². The van der Waals surface area contributed by atoms with Gasteiger partial charge in [0.1, 0.15) is 6.17 Å². The molecule has 6 unspecified atom stereocenters. The van der Waals surface area contributed by atoms with Gasteiger partial charge in [0.2, 0.25) is 5.91 Å². The third-order valence-corrected chi connectivity index (χ3v) is 7.09. The van der Waals surface area contributed by atoms with E-state index in [1.54, 1.807) is 0 Å². The molecule has 0 radical (unpaired) electrons. The van der Waals surface area contributed by atoms with Crippen molar-refractivity contribution in [2.45, 2.75) is 69.4 Å². The number of amides is 1. The van der Waals surface area contributed by atoms with E-state index < -0.39 is 6.17 Å². The number of hydrogen-bond donors (Lipinski definition) is 3. The lowest BCUT2D eigenvalue weighted by Gasteiger charge is -2.34. The predicted octanol–water partition coefficient (Wildman–Crippen LogP) is 0.500. The normalized spacial score (nSPS) is 42.7. The highest BCUT2D eigenvalue weighted by atomic mass is 19.1. The Hall–Kier alpha value is -0.760. The van der Waals surface area contributed by atoms with E-state index in [2.05, 4.69) is 39.9 Å². The van der Waals surface area contributed by atoms with Gasteiger partial charge in [-0.2, -0.15) is 0 Å². The molecule has 3 heterocycles. The fourth-order valence-corrected chi connectivity index (χ4v) is 5.38. The Balaban J connectivity index is 1.27. The van der Waals surface area contributed by atoms with Gasteiger partial charge in [-0.15, -0.1) is 0 Å². The number of halogens is 1. The maximum atomic E-state index is 14.2. The van der Waals surface area contributed by atoms with Gasteiger partial charge in [0, 0.05) is 31.1 Å². The van der Waals surface area contributed by atoms with Crippen molar-refractivity contribution in [1.29, 1.82) is 0 Å². The molecule has 4 rings (SSSR count). The largest absolute Gasteiger partial charge is 0.349 e. The number of piperidine rings is 1. The van der Waals surface area contributed by atoms with Gasteiger partial charge in [0.25, 0.3) is 0 Å². The molecule has 0 spiro atoms. The molecule has 6 atom stereocenters. The molecule has 3 aliphatic heterocycles. The van der Waals surface area contributed by atoms with E-state index in [9.17, 15) is 9.18 Å². The van der Waals surface area contributed by atoms with Crippen LogP contribution in [0.4, 0.5) is 4.39 Å². The Labute approximate surface area is 156 Å². The van der Waals surface area contributed by atoms with Crippen LogP contribution in [0.1, 0.15) is 39.0 Å². The second-order valence-electron chi connectivity index (χ2n) is 8.97. The number of hydrazine groups is 1. The van der Waals surface area contributed by atoms with E-state index in [0.29, 0.717) is 24.8 Å². The van der Waals surface area contributed by atoms with Crippen LogP contribution in [-0.2, 0) is 4.79 Å². The van der Waals surface area contributed by atoms with Gasteiger partial charge in [-0.3, -0.25) is 10.2 Å². The van der Waals surface area contributed by atoms with Crippen LogP contribution in [0.5, 0.6) is 0 Å². The molecular formula is C19H34FN5O. The monoisotopic (exact) mass is 367 g/mol. The molecule has 0 bridgehead atoms. The number of fused-ring (bicyclic) bond motifs is 1. The first-order valence-corrected chi connectivity index (χ1v) is 10.4. The number of likely N-dealkylation sites (tertiary alicyclic amines) is 1. The standard InChI is InChI=1S/C19H34FN5O/c1-12-3-4-16(20)15-9-17(23-18(12)15)19(26)22-13-10-21-25(11-13)14-5-7-24(2)8-6-14/h12-18,21,23H,3-11H2,1-2H3,(H,22,26). The highest BCUT2D eigenvalue weighted by Gasteiger charge is 2.46. The van der Waals surface area contributed by atoms with Crippen molar-refractivity contribution in [3.05, 3.63) is 0 Å². The molecule has 3 N–H and O–H groups in total. The quantitative estimate of drug-likeness (QED) is 0.678. The molecule has 4 aliphatic rings. The van der Waals surface area contributed by atoms with Crippen LogP contribution in [0, 0.1) is 11.8 Å². The van der Waals surface area contributed by atoms with Crippen molar-refractivity contribution >= 4 is 5.91 Å². The summed E-state index contributed by atoms with van der Waals surface area (Å²) in [5.74, 6) is 0.514. The van der Waals surface area contributed by atoms with Crippen LogP contribution < -0.4 is 16.1 Å². The molecule has 3 saturated heterocycles. The number of nitrogens with one attached hydrogen (secondary N) is 3. The SMILES string of the molecule is CC1CCC(F)C2CC(C(=O)NC3CNN(C4CCN(C)CC4)C3)NC12. The topological polar surface area (TPSA) is 59.6 Å². The molecule has 0 aromatic heterocycles. The maximum absolute atomic E-state index is 14.2. The first kappa shape index (κ1) is 18.6. The van der Waals surface area contributed by atoms with E-state index >= 15 is 0 Å². The lowest BCUT2D eigenvalue weighted by atomic mass is 9.77. The summed E-state index contributed by atoms with van der Waals surface area (Å²) >= 11 is 0. The number of carbonyl (C=O) groups is 1. The summed E-state index contributed by atoms with van der Waals surface area (Å²) < 4.78 is 14.2. The van der Waals surface area contributed by atoms with E-state index in [1.807, 2.05) is 0 Å². The van der Waals surface area contributed by atoms with Crippen molar-refractivity contribution in [2.24, 2.45) is 11.8 Å². The summed E-state index contributed by atoms with van der Waals surface area (Å²) in [6.45, 7) is 6.10. The van der Waals surface area contributed by atoms with Gasteiger partial charge in [-0.1, -0.05) is 6.92 Å². The van der Waals surface area contributed by atoms with Gasteiger partial charge in [0.05, 0.1) is 12.1 Å². The lowest BCUT2D eigenvalue weighted by molar-refractivity contribution is -0.123. The lowest BCUT2D eigenvalue weighted by Crippen LogP contribution is -2.50. The predicted molar refractivity (Wildman–Crippen MR) is 99.3 cm³/mol. The number of carbonyl (C=O) groups excluding carboxylic acids is 1. The zero-order valence-electron chi connectivity index (χ0n) is 16.1. The molecule has 148 valence electrons. The summed E-state index contributed by atoms with van der Waals surface area (Å²) in [5.41, 5.74) is 3.47. The second kappa shape index (κ2) is 7.70. The van der Waals surface area contributed by atoms with Crippen molar-refractivity contribution in [2.75, 3.05) is 33.2 Å². The van der Waals surface area contributed by atoms with E-state index in [1.165, 1.54) is 12.8 Å². The first-order chi connectivity index (χ1) is 12.5. The summed E-state index contributed by atoms with van der Waals surface area (Å²) in [6.07, 6.45) is 3.80. The van der Waals surface area contributed by atoms with Crippen LogP contribution in [0.25, 0.3) is 0 Å². The maximum Gasteiger partial charge on any atom is 0.237 e. The zero-order valence-corrected chi connectivity index (χ0v) is 16.1. The smallest absolute Gasteiger partial charge is 0.237 e. The average molecular weight is 368 g/mol. The molecule has 1 saturated carbocycles. The van der Waals surface area contributed by atoms with E-state index in [-0.39, 0.29) is 30.0 Å². The third-order valence-electron chi connectivity index (χ3n) is 7.09. The molecule has 7 heteroatoms. The molecule has 1 amide bonds. The van der Waals surface area contributed by atoms with Gasteiger partial charge in [-0.05, 0) is 58.2 Å². The van der Waals surface area contributed by atoms with Gasteiger partial charge < -0.3 is 15.5 Å². The highest BCUT2D eigenvalue weighted by molar-refractivity contribution is 5.82. The van der Waals surface area contributed by atoms with Crippen LogP contribution in [0.15, 0.2) is 0 Å². The van der Waals surface area contributed by atoms with Gasteiger partial charge >= 0.3 is 0 Å². The van der Waals surface area contributed by atoms with Crippen molar-refractivity contribution in [1.82, 2.24) is 26.0 Å². The fourth-order valence-electron chi connectivity index (χ4n) is 5.38. The molecule has 6 nitrogen and oxygen atoms in total. The van der Waals surface area contributed by atoms with Crippen LogP contribution in [0.3, 0.4) is 0 Å². The van der Waals surface area contributed by atoms with E-state index in [4.69, 9.17) is 0 Å². The Kier molecular flexibility index (Phi) is 5.51. The van der Waals surface area contributed by atoms with Crippen molar-refractivity contribution < 1.29 is 9.18 Å². The first-order valence-electron chi connectivity index (χ1n) is 10.4. The summed E-state index contributed by atoms with van der Waals surface area (Å²) in [5, 5.41) is 8.95. The third kappa shape index (κ3) is 3.77. The van der Waals surface area contributed by atoms with E-state index in [0.717, 1.165) is 32.6 Å².